The number of hydrogen-bond donors (Lipinski definition) is 1. The van der Waals surface area contributed by atoms with Gasteiger partial charge in [-0.15, -0.1) is 9.24 Å². The summed E-state index contributed by atoms with van der Waals surface area (Å²) in [6.45, 7) is 5.64. The third-order valence-electron chi connectivity index (χ3n) is 4.06. The third-order valence-corrected chi connectivity index (χ3v) is 4.57. The Bertz CT molecular complexity index is 1020. The summed E-state index contributed by atoms with van der Waals surface area (Å²) in [5, 5.41) is 14.6. The van der Waals surface area contributed by atoms with Crippen LogP contribution in [0.3, 0.4) is 0 Å². The van der Waals surface area contributed by atoms with E-state index in [1.165, 1.54) is 0 Å². The maximum absolute atomic E-state index is 11.3. The molecule has 130 valence electrons. The fourth-order valence-electron chi connectivity index (χ4n) is 2.89. The summed E-state index contributed by atoms with van der Waals surface area (Å²) < 4.78 is 1.65. The van der Waals surface area contributed by atoms with E-state index in [0.717, 1.165) is 33.4 Å². The lowest BCUT2D eigenvalue weighted by atomic mass is 9.97. The van der Waals surface area contributed by atoms with E-state index in [1.54, 1.807) is 16.8 Å². The Morgan fingerprint density at radius 3 is 2.42 bits per heavy atom. The molecule has 2 aromatic carbocycles. The van der Waals surface area contributed by atoms with Crippen LogP contribution in [0.25, 0.3) is 16.8 Å². The first-order chi connectivity index (χ1) is 12.5. The fourth-order valence-corrected chi connectivity index (χ4v) is 3.26. The summed E-state index contributed by atoms with van der Waals surface area (Å²) in [6, 6.07) is 17.6. The molecule has 3 rings (SSSR count). The summed E-state index contributed by atoms with van der Waals surface area (Å²) in [5.74, 6) is -1.05. The Balaban J connectivity index is 2.24. The van der Waals surface area contributed by atoms with Crippen LogP contribution >= 0.6 is 9.24 Å². The first kappa shape index (κ1) is 17.8. The number of nitrogens with zero attached hydrogens (tertiary/aromatic N) is 2. The zero-order valence-electron chi connectivity index (χ0n) is 14.4. The van der Waals surface area contributed by atoms with Gasteiger partial charge in [-0.1, -0.05) is 61.2 Å². The Hall–Kier alpha value is -2.97. The normalized spacial score (nSPS) is 11.4. The average molecular weight is 362 g/mol. The van der Waals surface area contributed by atoms with E-state index in [1.807, 2.05) is 55.5 Å². The largest absolute Gasteiger partial charge is 0.476 e. The molecule has 1 aromatic heterocycles. The number of allylic oxidation sites excluding steroid dienone is 2. The molecule has 0 saturated carbocycles. The van der Waals surface area contributed by atoms with Crippen molar-refractivity contribution < 1.29 is 9.90 Å². The zero-order chi connectivity index (χ0) is 18.7. The number of benzene rings is 2. The van der Waals surface area contributed by atoms with E-state index in [2.05, 4.69) is 27.0 Å². The van der Waals surface area contributed by atoms with Gasteiger partial charge >= 0.3 is 5.97 Å². The van der Waals surface area contributed by atoms with Crippen LogP contribution in [0.2, 0.25) is 0 Å². The van der Waals surface area contributed by atoms with E-state index in [-0.39, 0.29) is 5.69 Å². The number of carboxylic acid groups (broad SMARTS) is 1. The lowest BCUT2D eigenvalue weighted by Crippen LogP contribution is -2.07. The second-order valence-electron chi connectivity index (χ2n) is 5.81. The van der Waals surface area contributed by atoms with Crippen LogP contribution in [0.15, 0.2) is 73.3 Å². The van der Waals surface area contributed by atoms with E-state index >= 15 is 0 Å². The second-order valence-corrected chi connectivity index (χ2v) is 6.43. The summed E-state index contributed by atoms with van der Waals surface area (Å²) in [6.07, 6.45) is 3.52. The molecule has 0 amide bonds. The first-order valence-corrected chi connectivity index (χ1v) is 8.68. The topological polar surface area (TPSA) is 55.1 Å². The van der Waals surface area contributed by atoms with Gasteiger partial charge < -0.3 is 5.11 Å². The quantitative estimate of drug-likeness (QED) is 0.548. The van der Waals surface area contributed by atoms with E-state index < -0.39 is 5.97 Å². The van der Waals surface area contributed by atoms with Crippen LogP contribution in [-0.4, -0.2) is 20.9 Å². The van der Waals surface area contributed by atoms with Gasteiger partial charge in [-0.25, -0.2) is 9.48 Å². The molecule has 0 aliphatic rings. The van der Waals surface area contributed by atoms with Crippen molar-refractivity contribution in [2.75, 3.05) is 0 Å². The predicted octanol–water partition coefficient (Wildman–Crippen LogP) is 4.13. The fraction of sp³-hybridized carbons (Fsp3) is 0.0476. The number of aromatic carboxylic acids is 1. The maximum atomic E-state index is 11.3. The number of aromatic nitrogens is 2. The van der Waals surface area contributed by atoms with Crippen molar-refractivity contribution in [1.82, 2.24) is 9.78 Å². The monoisotopic (exact) mass is 362 g/mol. The molecule has 1 N–H and O–H groups in total. The highest BCUT2D eigenvalue weighted by molar-refractivity contribution is 7.28. The van der Waals surface area contributed by atoms with Crippen LogP contribution in [0.4, 0.5) is 0 Å². The van der Waals surface area contributed by atoms with Crippen molar-refractivity contribution in [2.24, 2.45) is 0 Å². The Labute approximate surface area is 154 Å². The molecule has 4 nitrogen and oxygen atoms in total. The molecule has 1 heterocycles. The molecule has 0 radical (unpaired) electrons. The van der Waals surface area contributed by atoms with E-state index in [0.29, 0.717) is 0 Å². The predicted molar refractivity (Wildman–Crippen MR) is 109 cm³/mol. The minimum absolute atomic E-state index is 0.0152. The Kier molecular flexibility index (Phi) is 5.15. The van der Waals surface area contributed by atoms with Gasteiger partial charge in [0.1, 0.15) is 0 Å². The van der Waals surface area contributed by atoms with Gasteiger partial charge in [0.25, 0.3) is 0 Å². The summed E-state index contributed by atoms with van der Waals surface area (Å²) in [5.41, 5.74) is 4.61. The molecule has 1 unspecified atom stereocenters. The number of aryl methyl sites for hydroxylation is 1. The van der Waals surface area contributed by atoms with Crippen molar-refractivity contribution in [3.05, 3.63) is 90.3 Å². The van der Waals surface area contributed by atoms with Gasteiger partial charge in [0.05, 0.1) is 5.70 Å². The van der Waals surface area contributed by atoms with Crippen molar-refractivity contribution in [3.8, 4) is 11.1 Å². The molecule has 0 aliphatic heterocycles. The van der Waals surface area contributed by atoms with Gasteiger partial charge in [-0.3, -0.25) is 0 Å². The molecule has 1 atom stereocenters. The van der Waals surface area contributed by atoms with Crippen LogP contribution in [-0.2, 0) is 0 Å². The summed E-state index contributed by atoms with van der Waals surface area (Å²) >= 11 is 0. The highest BCUT2D eigenvalue weighted by Crippen LogP contribution is 2.30. The summed E-state index contributed by atoms with van der Waals surface area (Å²) in [4.78, 5) is 11.3. The van der Waals surface area contributed by atoms with Gasteiger partial charge in [-0.2, -0.15) is 5.10 Å². The number of hydrogen-bond acceptors (Lipinski definition) is 2. The number of carboxylic acids is 1. The van der Waals surface area contributed by atoms with Gasteiger partial charge in [0, 0.05) is 11.3 Å². The van der Waals surface area contributed by atoms with E-state index in [4.69, 9.17) is 0 Å². The molecule has 3 aromatic rings. The van der Waals surface area contributed by atoms with Crippen LogP contribution in [0.5, 0.6) is 0 Å². The van der Waals surface area contributed by atoms with Gasteiger partial charge in [-0.05, 0) is 35.5 Å². The van der Waals surface area contributed by atoms with Gasteiger partial charge in [0.15, 0.2) is 5.69 Å². The lowest BCUT2D eigenvalue weighted by molar-refractivity contribution is 0.0690. The lowest BCUT2D eigenvalue weighted by Gasteiger charge is -2.16. The smallest absolute Gasteiger partial charge is 0.356 e. The molecule has 5 heteroatoms. The summed E-state index contributed by atoms with van der Waals surface area (Å²) in [7, 11) is 2.76. The second kappa shape index (κ2) is 7.51. The van der Waals surface area contributed by atoms with Crippen molar-refractivity contribution >= 4 is 26.2 Å². The van der Waals surface area contributed by atoms with Crippen molar-refractivity contribution in [3.63, 3.8) is 0 Å². The first-order valence-electron chi connectivity index (χ1n) is 8.10. The molecule has 0 spiro atoms. The highest BCUT2D eigenvalue weighted by Gasteiger charge is 2.17. The molecular formula is C21H19N2O2P. The molecule has 0 saturated heterocycles. The zero-order valence-corrected chi connectivity index (χ0v) is 15.5. The van der Waals surface area contributed by atoms with Gasteiger partial charge in [0.2, 0.25) is 0 Å². The number of carbonyl (C=O) groups is 1. The molecule has 0 bridgehead atoms. The standard InChI is InChI=1S/C21H19N2O2P/c1-3-8-19(23-14(2)13-18(22-23)21(24)25)16-10-5-4-9-15(16)17-11-6-7-12-20(17)26/h3-13H,1,26H2,2H3,(H,24,25)/b19-8-. The maximum Gasteiger partial charge on any atom is 0.356 e. The van der Waals surface area contributed by atoms with Crippen LogP contribution in [0, 0.1) is 6.92 Å². The Morgan fingerprint density at radius 2 is 1.81 bits per heavy atom. The van der Waals surface area contributed by atoms with Crippen molar-refractivity contribution in [1.29, 1.82) is 0 Å². The minimum atomic E-state index is -1.05. The Morgan fingerprint density at radius 1 is 1.15 bits per heavy atom. The van der Waals surface area contributed by atoms with Crippen LogP contribution in [0.1, 0.15) is 21.7 Å². The molecular weight excluding hydrogens is 343 g/mol. The van der Waals surface area contributed by atoms with E-state index in [9.17, 15) is 9.90 Å². The molecule has 0 aliphatic carbocycles. The minimum Gasteiger partial charge on any atom is -0.476 e. The molecule has 26 heavy (non-hydrogen) atoms. The van der Waals surface area contributed by atoms with Crippen molar-refractivity contribution in [2.45, 2.75) is 6.92 Å². The third kappa shape index (κ3) is 3.37. The molecule has 0 fully saturated rings. The highest BCUT2D eigenvalue weighted by atomic mass is 31.0. The average Bonchev–Trinajstić information content (AvgIpc) is 3.02. The van der Waals surface area contributed by atoms with Crippen LogP contribution < -0.4 is 5.30 Å². The number of rotatable bonds is 5. The SMILES string of the molecule is C=C/C=C(/c1ccccc1-c1ccccc1P)n1nc(C(=O)O)cc1C.